The zero-order valence-electron chi connectivity index (χ0n) is 8.23. The first-order valence-corrected chi connectivity index (χ1v) is 4.42. The molecule has 0 radical (unpaired) electrons. The maximum Gasteiger partial charge on any atom is 0.328 e. The minimum Gasteiger partial charge on any atom is -0.464 e. The van der Waals surface area contributed by atoms with Gasteiger partial charge in [0.2, 0.25) is 0 Å². The van der Waals surface area contributed by atoms with Crippen LogP contribution in [0.4, 0.5) is 5.69 Å². The van der Waals surface area contributed by atoms with E-state index in [0.717, 1.165) is 0 Å². The van der Waals surface area contributed by atoms with Gasteiger partial charge in [0.15, 0.2) is 0 Å². The van der Waals surface area contributed by atoms with Crippen molar-refractivity contribution in [3.05, 3.63) is 18.7 Å². The Balaban J connectivity index is 2.49. The van der Waals surface area contributed by atoms with Gasteiger partial charge in [-0.2, -0.15) is 0 Å². The molecule has 1 aromatic heterocycles. The summed E-state index contributed by atoms with van der Waals surface area (Å²) < 4.78 is 4.83. The summed E-state index contributed by atoms with van der Waals surface area (Å²) in [7, 11) is 0. The SMILES string of the molecule is CCOC(=O)[C@@H](C)Nc1cncnc1. The van der Waals surface area contributed by atoms with Crippen LogP contribution in [-0.2, 0) is 9.53 Å². The van der Waals surface area contributed by atoms with Gasteiger partial charge in [-0.3, -0.25) is 0 Å². The predicted octanol–water partition coefficient (Wildman–Crippen LogP) is 0.840. The van der Waals surface area contributed by atoms with E-state index in [1.807, 2.05) is 0 Å². The number of carbonyl (C=O) groups excluding carboxylic acids is 1. The van der Waals surface area contributed by atoms with Gasteiger partial charge >= 0.3 is 5.97 Å². The summed E-state index contributed by atoms with van der Waals surface area (Å²) in [6.07, 6.45) is 4.63. The van der Waals surface area contributed by atoms with E-state index in [1.165, 1.54) is 6.33 Å². The lowest BCUT2D eigenvalue weighted by Gasteiger charge is -2.12. The number of carbonyl (C=O) groups is 1. The van der Waals surface area contributed by atoms with Gasteiger partial charge in [0, 0.05) is 0 Å². The molecular formula is C9H13N3O2. The number of rotatable bonds is 4. The van der Waals surface area contributed by atoms with Crippen molar-refractivity contribution < 1.29 is 9.53 Å². The summed E-state index contributed by atoms with van der Waals surface area (Å²) in [5.41, 5.74) is 0.702. The van der Waals surface area contributed by atoms with Crippen molar-refractivity contribution in [3.63, 3.8) is 0 Å². The molecule has 0 aliphatic carbocycles. The number of hydrogen-bond donors (Lipinski definition) is 1. The lowest BCUT2D eigenvalue weighted by molar-refractivity contribution is -0.143. The van der Waals surface area contributed by atoms with Gasteiger partial charge in [0.05, 0.1) is 24.7 Å². The first-order chi connectivity index (χ1) is 6.74. The third kappa shape index (κ3) is 3.01. The molecule has 5 heteroatoms. The van der Waals surface area contributed by atoms with Crippen LogP contribution in [0.3, 0.4) is 0 Å². The maximum absolute atomic E-state index is 11.2. The summed E-state index contributed by atoms with van der Waals surface area (Å²) in [5.74, 6) is -0.281. The van der Waals surface area contributed by atoms with E-state index in [0.29, 0.717) is 12.3 Å². The quantitative estimate of drug-likeness (QED) is 0.721. The second-order valence-electron chi connectivity index (χ2n) is 2.75. The average molecular weight is 195 g/mol. The lowest BCUT2D eigenvalue weighted by atomic mass is 10.3. The third-order valence-corrected chi connectivity index (χ3v) is 1.58. The number of hydrogen-bond acceptors (Lipinski definition) is 5. The molecule has 1 rings (SSSR count). The molecule has 0 fully saturated rings. The van der Waals surface area contributed by atoms with Gasteiger partial charge in [-0.05, 0) is 13.8 Å². The molecule has 0 aliphatic rings. The lowest BCUT2D eigenvalue weighted by Crippen LogP contribution is -2.28. The van der Waals surface area contributed by atoms with Crippen molar-refractivity contribution in [2.75, 3.05) is 11.9 Å². The Labute approximate surface area is 82.5 Å². The zero-order chi connectivity index (χ0) is 10.4. The summed E-state index contributed by atoms with van der Waals surface area (Å²) in [6, 6.07) is -0.388. The molecule has 0 amide bonds. The fraction of sp³-hybridized carbons (Fsp3) is 0.444. The van der Waals surface area contributed by atoms with E-state index < -0.39 is 0 Å². The molecule has 0 saturated carbocycles. The number of nitrogens with one attached hydrogen (secondary N) is 1. The molecule has 0 spiro atoms. The van der Waals surface area contributed by atoms with Gasteiger partial charge in [-0.15, -0.1) is 0 Å². The van der Waals surface area contributed by atoms with Crippen molar-refractivity contribution >= 4 is 11.7 Å². The van der Waals surface area contributed by atoms with E-state index in [9.17, 15) is 4.79 Å². The molecular weight excluding hydrogens is 182 g/mol. The van der Waals surface area contributed by atoms with Crippen LogP contribution < -0.4 is 5.32 Å². The Hall–Kier alpha value is -1.65. The minimum absolute atomic E-state index is 0.281. The van der Waals surface area contributed by atoms with Crippen LogP contribution in [0.15, 0.2) is 18.7 Å². The van der Waals surface area contributed by atoms with Crippen molar-refractivity contribution in [1.29, 1.82) is 0 Å². The highest BCUT2D eigenvalue weighted by Crippen LogP contribution is 2.03. The summed E-state index contributed by atoms with van der Waals surface area (Å²) in [4.78, 5) is 18.9. The fourth-order valence-electron chi connectivity index (χ4n) is 0.950. The molecule has 0 unspecified atom stereocenters. The summed E-state index contributed by atoms with van der Waals surface area (Å²) in [5, 5.41) is 2.93. The molecule has 0 saturated heterocycles. The van der Waals surface area contributed by atoms with Crippen LogP contribution in [0, 0.1) is 0 Å². The van der Waals surface area contributed by atoms with Gasteiger partial charge in [0.25, 0.3) is 0 Å². The highest BCUT2D eigenvalue weighted by atomic mass is 16.5. The van der Waals surface area contributed by atoms with Crippen LogP contribution >= 0.6 is 0 Å². The fourth-order valence-corrected chi connectivity index (χ4v) is 0.950. The third-order valence-electron chi connectivity index (χ3n) is 1.58. The monoisotopic (exact) mass is 195 g/mol. The molecule has 5 nitrogen and oxygen atoms in total. The highest BCUT2D eigenvalue weighted by Gasteiger charge is 2.12. The van der Waals surface area contributed by atoms with E-state index in [4.69, 9.17) is 4.74 Å². The predicted molar refractivity (Wildman–Crippen MR) is 51.7 cm³/mol. The number of aromatic nitrogens is 2. The van der Waals surface area contributed by atoms with E-state index in [2.05, 4.69) is 15.3 Å². The Kier molecular flexibility index (Phi) is 3.84. The van der Waals surface area contributed by atoms with E-state index in [-0.39, 0.29) is 12.0 Å². The number of anilines is 1. The van der Waals surface area contributed by atoms with Crippen molar-refractivity contribution in [2.24, 2.45) is 0 Å². The van der Waals surface area contributed by atoms with Gasteiger partial charge in [-0.25, -0.2) is 14.8 Å². The molecule has 1 N–H and O–H groups in total. The van der Waals surface area contributed by atoms with Crippen LogP contribution in [0.2, 0.25) is 0 Å². The number of esters is 1. The molecule has 0 aliphatic heterocycles. The normalized spacial score (nSPS) is 11.9. The first-order valence-electron chi connectivity index (χ1n) is 4.42. The van der Waals surface area contributed by atoms with Crippen LogP contribution in [0.1, 0.15) is 13.8 Å². The number of ether oxygens (including phenoxy) is 1. The smallest absolute Gasteiger partial charge is 0.328 e. The first kappa shape index (κ1) is 10.4. The van der Waals surface area contributed by atoms with Crippen LogP contribution in [0.5, 0.6) is 0 Å². The Morgan fingerprint density at radius 1 is 1.57 bits per heavy atom. The molecule has 76 valence electrons. The highest BCUT2D eigenvalue weighted by molar-refractivity contribution is 5.78. The minimum atomic E-state index is -0.388. The molecule has 1 atom stereocenters. The van der Waals surface area contributed by atoms with Gasteiger partial charge in [0.1, 0.15) is 12.4 Å². The largest absolute Gasteiger partial charge is 0.464 e. The second-order valence-corrected chi connectivity index (χ2v) is 2.75. The summed E-state index contributed by atoms with van der Waals surface area (Å²) >= 11 is 0. The van der Waals surface area contributed by atoms with E-state index >= 15 is 0 Å². The van der Waals surface area contributed by atoms with Crippen LogP contribution in [-0.4, -0.2) is 28.6 Å². The Bertz CT molecular complexity index is 289. The molecule has 1 aromatic rings. The summed E-state index contributed by atoms with van der Waals surface area (Å²) in [6.45, 7) is 3.89. The van der Waals surface area contributed by atoms with Crippen LogP contribution in [0.25, 0.3) is 0 Å². The zero-order valence-corrected chi connectivity index (χ0v) is 8.23. The Morgan fingerprint density at radius 3 is 2.79 bits per heavy atom. The molecule has 14 heavy (non-hydrogen) atoms. The van der Waals surface area contributed by atoms with Crippen molar-refractivity contribution in [2.45, 2.75) is 19.9 Å². The molecule has 1 heterocycles. The molecule has 0 aromatic carbocycles. The van der Waals surface area contributed by atoms with E-state index in [1.54, 1.807) is 26.2 Å². The van der Waals surface area contributed by atoms with Gasteiger partial charge < -0.3 is 10.1 Å². The second kappa shape index (κ2) is 5.16. The maximum atomic E-state index is 11.2. The number of nitrogens with zero attached hydrogens (tertiary/aromatic N) is 2. The average Bonchev–Trinajstić information content (AvgIpc) is 2.19. The van der Waals surface area contributed by atoms with Gasteiger partial charge in [-0.1, -0.05) is 0 Å². The van der Waals surface area contributed by atoms with Crippen molar-refractivity contribution in [3.8, 4) is 0 Å². The molecule has 0 bridgehead atoms. The Morgan fingerprint density at radius 2 is 2.21 bits per heavy atom. The topological polar surface area (TPSA) is 64.1 Å². The van der Waals surface area contributed by atoms with Crippen molar-refractivity contribution in [1.82, 2.24) is 9.97 Å². The standard InChI is InChI=1S/C9H13N3O2/c1-3-14-9(13)7(2)12-8-4-10-6-11-5-8/h4-7,12H,3H2,1-2H3/t7-/m1/s1.